The summed E-state index contributed by atoms with van der Waals surface area (Å²) in [6.45, 7) is 6.65. The molecule has 1 aliphatic heterocycles. The Morgan fingerprint density at radius 3 is 3.06 bits per heavy atom. The van der Waals surface area contributed by atoms with E-state index >= 15 is 0 Å². The summed E-state index contributed by atoms with van der Waals surface area (Å²) in [5, 5.41) is 0.494. The predicted molar refractivity (Wildman–Crippen MR) is 61.2 cm³/mol. The zero-order valence-corrected chi connectivity index (χ0v) is 9.78. The molecule has 0 saturated carbocycles. The van der Waals surface area contributed by atoms with Crippen molar-refractivity contribution in [3.05, 3.63) is 29.3 Å². The number of hydrogen-bond donors (Lipinski definition) is 0. The second-order valence-electron chi connectivity index (χ2n) is 3.64. The Kier molecular flexibility index (Phi) is 3.53. The van der Waals surface area contributed by atoms with Crippen LogP contribution in [0.15, 0.2) is 12.8 Å². The molecule has 0 spiro atoms. The number of nitrogens with zero attached hydrogens (tertiary/aromatic N) is 2. The van der Waals surface area contributed by atoms with E-state index in [1.807, 2.05) is 6.92 Å². The van der Waals surface area contributed by atoms with Gasteiger partial charge in [0.05, 0.1) is 30.0 Å². The summed E-state index contributed by atoms with van der Waals surface area (Å²) in [6, 6.07) is 0. The van der Waals surface area contributed by atoms with Crippen LogP contribution < -0.4 is 0 Å². The van der Waals surface area contributed by atoms with E-state index in [9.17, 15) is 0 Å². The van der Waals surface area contributed by atoms with Crippen LogP contribution in [0, 0.1) is 0 Å². The topological polar surface area (TPSA) is 44.2 Å². The Morgan fingerprint density at radius 2 is 2.38 bits per heavy atom. The van der Waals surface area contributed by atoms with Gasteiger partial charge < -0.3 is 9.47 Å². The van der Waals surface area contributed by atoms with E-state index < -0.39 is 0 Å². The first kappa shape index (κ1) is 11.5. The highest BCUT2D eigenvalue weighted by Gasteiger charge is 2.25. The van der Waals surface area contributed by atoms with E-state index in [4.69, 9.17) is 21.1 Å². The van der Waals surface area contributed by atoms with Gasteiger partial charge >= 0.3 is 0 Å². The molecular formula is C11H13ClN2O2. The van der Waals surface area contributed by atoms with Crippen molar-refractivity contribution in [3.63, 3.8) is 0 Å². The Bertz CT molecular complexity index is 398. The van der Waals surface area contributed by atoms with Gasteiger partial charge in [-0.3, -0.25) is 0 Å². The molecule has 0 amide bonds. The van der Waals surface area contributed by atoms with Gasteiger partial charge in [-0.05, 0) is 13.0 Å². The molecule has 0 aromatic carbocycles. The smallest absolute Gasteiger partial charge is 0.151 e. The van der Waals surface area contributed by atoms with Crippen molar-refractivity contribution in [2.75, 3.05) is 13.2 Å². The average molecular weight is 241 g/mol. The second kappa shape index (κ2) is 4.91. The fraction of sp³-hybridized carbons (Fsp3) is 0.455. The third-order valence-electron chi connectivity index (χ3n) is 2.30. The number of rotatable bonds is 2. The molecule has 0 aliphatic carbocycles. The molecule has 5 heteroatoms. The van der Waals surface area contributed by atoms with E-state index in [-0.39, 0.29) is 12.2 Å². The highest BCUT2D eigenvalue weighted by Crippen LogP contribution is 2.27. The Morgan fingerprint density at radius 1 is 1.56 bits per heavy atom. The normalized spacial score (nSPS) is 25.4. The lowest BCUT2D eigenvalue weighted by Gasteiger charge is -2.28. The monoisotopic (exact) mass is 240 g/mol. The lowest BCUT2D eigenvalue weighted by atomic mass is 10.2. The highest BCUT2D eigenvalue weighted by atomic mass is 35.5. The summed E-state index contributed by atoms with van der Waals surface area (Å²) in [6.07, 6.45) is 2.96. The third-order valence-corrected chi connectivity index (χ3v) is 2.59. The van der Waals surface area contributed by atoms with Gasteiger partial charge in [0.15, 0.2) is 5.82 Å². The molecule has 1 saturated heterocycles. The van der Waals surface area contributed by atoms with Gasteiger partial charge in [-0.25, -0.2) is 9.97 Å². The van der Waals surface area contributed by atoms with Gasteiger partial charge in [-0.1, -0.05) is 18.2 Å². The molecule has 1 aromatic rings. The molecule has 0 N–H and O–H groups in total. The molecule has 0 radical (unpaired) electrons. The fourth-order valence-corrected chi connectivity index (χ4v) is 1.77. The first-order valence-electron chi connectivity index (χ1n) is 5.08. The van der Waals surface area contributed by atoms with Gasteiger partial charge in [0.25, 0.3) is 0 Å². The maximum Gasteiger partial charge on any atom is 0.151 e. The van der Waals surface area contributed by atoms with Crippen molar-refractivity contribution in [3.8, 4) is 0 Å². The van der Waals surface area contributed by atoms with Crippen LogP contribution in [-0.2, 0) is 9.47 Å². The molecule has 4 nitrogen and oxygen atoms in total. The molecule has 2 atom stereocenters. The quantitative estimate of drug-likeness (QED) is 0.795. The SMILES string of the molecule is C=Cc1ncc(Cl)c(C2COCC(C)O2)n1. The molecule has 0 bridgehead atoms. The minimum atomic E-state index is -0.224. The predicted octanol–water partition coefficient (Wildman–Crippen LogP) is 2.25. The van der Waals surface area contributed by atoms with Gasteiger partial charge in [0, 0.05) is 6.20 Å². The van der Waals surface area contributed by atoms with E-state index in [2.05, 4.69) is 16.5 Å². The molecular weight excluding hydrogens is 228 g/mol. The Labute approximate surface area is 99.3 Å². The fourth-order valence-electron chi connectivity index (χ4n) is 1.56. The highest BCUT2D eigenvalue weighted by molar-refractivity contribution is 6.31. The van der Waals surface area contributed by atoms with E-state index in [1.165, 1.54) is 0 Å². The summed E-state index contributed by atoms with van der Waals surface area (Å²) in [5.41, 5.74) is 0.665. The van der Waals surface area contributed by atoms with Crippen LogP contribution in [-0.4, -0.2) is 29.3 Å². The number of hydrogen-bond acceptors (Lipinski definition) is 4. The van der Waals surface area contributed by atoms with Crippen molar-refractivity contribution < 1.29 is 9.47 Å². The lowest BCUT2D eigenvalue weighted by Crippen LogP contribution is -2.29. The van der Waals surface area contributed by atoms with Gasteiger partial charge in [0.1, 0.15) is 6.10 Å². The molecule has 2 unspecified atom stereocenters. The van der Waals surface area contributed by atoms with Gasteiger partial charge in [-0.2, -0.15) is 0 Å². The summed E-state index contributed by atoms with van der Waals surface area (Å²) in [7, 11) is 0. The average Bonchev–Trinajstić information content (AvgIpc) is 2.30. The standard InChI is InChI=1S/C11H13ClN2O2/c1-3-10-13-4-8(12)11(14-10)9-6-15-5-7(2)16-9/h3-4,7,9H,1,5-6H2,2H3. The summed E-state index contributed by atoms with van der Waals surface area (Å²) >= 11 is 6.04. The lowest BCUT2D eigenvalue weighted by molar-refractivity contribution is -0.134. The van der Waals surface area contributed by atoms with Crippen molar-refractivity contribution in [2.45, 2.75) is 19.1 Å². The van der Waals surface area contributed by atoms with Crippen LogP contribution in [0.5, 0.6) is 0 Å². The molecule has 1 fully saturated rings. The number of aromatic nitrogens is 2. The summed E-state index contributed by atoms with van der Waals surface area (Å²) in [5.74, 6) is 0.543. The molecule has 2 heterocycles. The summed E-state index contributed by atoms with van der Waals surface area (Å²) < 4.78 is 11.1. The minimum absolute atomic E-state index is 0.0527. The number of ether oxygens (including phenoxy) is 2. The van der Waals surface area contributed by atoms with Gasteiger partial charge in [0.2, 0.25) is 0 Å². The first-order chi connectivity index (χ1) is 7.70. The van der Waals surface area contributed by atoms with E-state index in [0.29, 0.717) is 29.8 Å². The maximum atomic E-state index is 6.04. The van der Waals surface area contributed by atoms with Crippen LogP contribution in [0.2, 0.25) is 5.02 Å². The van der Waals surface area contributed by atoms with E-state index in [0.717, 1.165) is 0 Å². The van der Waals surface area contributed by atoms with Crippen LogP contribution in [0.25, 0.3) is 6.08 Å². The third kappa shape index (κ3) is 2.40. The van der Waals surface area contributed by atoms with Crippen molar-refractivity contribution >= 4 is 17.7 Å². The molecule has 86 valence electrons. The van der Waals surface area contributed by atoms with Crippen LogP contribution in [0.4, 0.5) is 0 Å². The molecule has 1 aliphatic rings. The summed E-state index contributed by atoms with van der Waals surface area (Å²) in [4.78, 5) is 8.30. The zero-order valence-electron chi connectivity index (χ0n) is 9.02. The number of halogens is 1. The van der Waals surface area contributed by atoms with E-state index in [1.54, 1.807) is 12.3 Å². The zero-order chi connectivity index (χ0) is 11.5. The minimum Gasteiger partial charge on any atom is -0.376 e. The maximum absolute atomic E-state index is 6.04. The van der Waals surface area contributed by atoms with Crippen molar-refractivity contribution in [1.82, 2.24) is 9.97 Å². The Balaban J connectivity index is 2.27. The first-order valence-corrected chi connectivity index (χ1v) is 5.46. The second-order valence-corrected chi connectivity index (χ2v) is 4.05. The molecule has 1 aromatic heterocycles. The molecule has 16 heavy (non-hydrogen) atoms. The van der Waals surface area contributed by atoms with Crippen molar-refractivity contribution in [1.29, 1.82) is 0 Å². The van der Waals surface area contributed by atoms with Crippen molar-refractivity contribution in [2.24, 2.45) is 0 Å². The van der Waals surface area contributed by atoms with Crippen LogP contribution in [0.1, 0.15) is 24.5 Å². The Hall–Kier alpha value is -0.970. The van der Waals surface area contributed by atoms with Crippen LogP contribution >= 0.6 is 11.6 Å². The van der Waals surface area contributed by atoms with Crippen LogP contribution in [0.3, 0.4) is 0 Å². The molecule has 2 rings (SSSR count). The van der Waals surface area contributed by atoms with Gasteiger partial charge in [-0.15, -0.1) is 0 Å². The largest absolute Gasteiger partial charge is 0.376 e.